The van der Waals surface area contributed by atoms with Gasteiger partial charge in [-0.25, -0.2) is 4.98 Å². The van der Waals surface area contributed by atoms with Gasteiger partial charge < -0.3 is 10.6 Å². The molecule has 0 bridgehead atoms. The topological polar surface area (TPSA) is 60.7 Å². The zero-order valence-electron chi connectivity index (χ0n) is 10.4. The highest BCUT2D eigenvalue weighted by atomic mass is 79.9. The van der Waals surface area contributed by atoms with Gasteiger partial charge in [-0.3, -0.25) is 0 Å². The van der Waals surface area contributed by atoms with E-state index in [0.29, 0.717) is 11.4 Å². The van der Waals surface area contributed by atoms with E-state index in [1.165, 1.54) is 0 Å². The van der Waals surface area contributed by atoms with E-state index in [9.17, 15) is 0 Å². The number of halogens is 1. The van der Waals surface area contributed by atoms with E-state index in [4.69, 9.17) is 5.26 Å². The van der Waals surface area contributed by atoms with Crippen molar-refractivity contribution in [1.29, 1.82) is 5.26 Å². The van der Waals surface area contributed by atoms with Crippen LogP contribution in [0.1, 0.15) is 12.5 Å². The van der Waals surface area contributed by atoms with Crippen LogP contribution in [0.15, 0.2) is 40.9 Å². The molecule has 0 radical (unpaired) electrons. The minimum atomic E-state index is 0.574. The molecule has 0 aliphatic carbocycles. The molecule has 0 aliphatic heterocycles. The van der Waals surface area contributed by atoms with Crippen LogP contribution in [0.5, 0.6) is 0 Å². The van der Waals surface area contributed by atoms with Crippen molar-refractivity contribution in [3.8, 4) is 6.07 Å². The van der Waals surface area contributed by atoms with Crippen molar-refractivity contribution in [1.82, 2.24) is 4.98 Å². The van der Waals surface area contributed by atoms with Crippen molar-refractivity contribution in [2.75, 3.05) is 17.2 Å². The number of benzene rings is 1. The molecule has 0 unspecified atom stereocenters. The normalized spacial score (nSPS) is 9.74. The highest BCUT2D eigenvalue weighted by molar-refractivity contribution is 9.10. The molecule has 0 saturated heterocycles. The highest BCUT2D eigenvalue weighted by Crippen LogP contribution is 2.23. The standard InChI is InChI=1S/C14H13BrN4/c1-2-17-13-4-3-5-14(19-13)18-12-7-6-11(15)8-10(12)9-16/h3-8H,2H2,1H3,(H2,17,18,19). The lowest BCUT2D eigenvalue weighted by Gasteiger charge is -2.09. The fourth-order valence-corrected chi connectivity index (χ4v) is 2.00. The summed E-state index contributed by atoms with van der Waals surface area (Å²) in [5.74, 6) is 1.51. The lowest BCUT2D eigenvalue weighted by molar-refractivity contribution is 1.16. The number of pyridine rings is 1. The van der Waals surface area contributed by atoms with Gasteiger partial charge in [0.25, 0.3) is 0 Å². The summed E-state index contributed by atoms with van der Waals surface area (Å²) >= 11 is 3.35. The molecule has 4 nitrogen and oxygen atoms in total. The Kier molecular flexibility index (Phi) is 4.37. The fourth-order valence-electron chi connectivity index (χ4n) is 1.64. The van der Waals surface area contributed by atoms with Gasteiger partial charge in [0.1, 0.15) is 17.7 Å². The van der Waals surface area contributed by atoms with E-state index >= 15 is 0 Å². The zero-order chi connectivity index (χ0) is 13.7. The number of nitrogens with one attached hydrogen (secondary N) is 2. The Bertz CT molecular complexity index is 619. The van der Waals surface area contributed by atoms with Crippen LogP contribution in [0.2, 0.25) is 0 Å². The van der Waals surface area contributed by atoms with Gasteiger partial charge in [-0.2, -0.15) is 5.26 Å². The Morgan fingerprint density at radius 2 is 2.05 bits per heavy atom. The molecule has 2 aromatic rings. The second-order valence-electron chi connectivity index (χ2n) is 3.87. The maximum atomic E-state index is 9.12. The molecule has 0 spiro atoms. The smallest absolute Gasteiger partial charge is 0.132 e. The first-order valence-electron chi connectivity index (χ1n) is 5.90. The molecule has 2 N–H and O–H groups in total. The largest absolute Gasteiger partial charge is 0.370 e. The zero-order valence-corrected chi connectivity index (χ0v) is 12.0. The van der Waals surface area contributed by atoms with Gasteiger partial charge in [0.2, 0.25) is 0 Å². The van der Waals surface area contributed by atoms with Gasteiger partial charge in [0, 0.05) is 11.0 Å². The second kappa shape index (κ2) is 6.21. The Balaban J connectivity index is 2.26. The van der Waals surface area contributed by atoms with E-state index in [0.717, 1.165) is 22.5 Å². The van der Waals surface area contributed by atoms with Gasteiger partial charge in [0.15, 0.2) is 0 Å². The van der Waals surface area contributed by atoms with E-state index in [1.807, 2.05) is 37.3 Å². The van der Waals surface area contributed by atoms with Crippen molar-refractivity contribution < 1.29 is 0 Å². The van der Waals surface area contributed by atoms with Crippen molar-refractivity contribution in [3.05, 3.63) is 46.4 Å². The third-order valence-corrected chi connectivity index (χ3v) is 2.97. The van der Waals surface area contributed by atoms with Crippen LogP contribution >= 0.6 is 15.9 Å². The maximum absolute atomic E-state index is 9.12. The van der Waals surface area contributed by atoms with Gasteiger partial charge in [0.05, 0.1) is 11.3 Å². The first kappa shape index (κ1) is 13.4. The van der Waals surface area contributed by atoms with Crippen molar-refractivity contribution in [3.63, 3.8) is 0 Å². The van der Waals surface area contributed by atoms with E-state index < -0.39 is 0 Å². The Hall–Kier alpha value is -2.06. The van der Waals surface area contributed by atoms with Gasteiger partial charge in [-0.05, 0) is 37.3 Å². The summed E-state index contributed by atoms with van der Waals surface area (Å²) < 4.78 is 0.879. The number of rotatable bonds is 4. The van der Waals surface area contributed by atoms with Crippen LogP contribution in [0.4, 0.5) is 17.3 Å². The quantitative estimate of drug-likeness (QED) is 0.898. The average Bonchev–Trinajstić information content (AvgIpc) is 2.41. The van der Waals surface area contributed by atoms with Crippen molar-refractivity contribution in [2.45, 2.75) is 6.92 Å². The summed E-state index contributed by atoms with van der Waals surface area (Å²) in [5.41, 5.74) is 1.32. The summed E-state index contributed by atoms with van der Waals surface area (Å²) in [6.07, 6.45) is 0. The number of hydrogen-bond donors (Lipinski definition) is 2. The molecular formula is C14H13BrN4. The average molecular weight is 317 g/mol. The molecule has 0 fully saturated rings. The van der Waals surface area contributed by atoms with Gasteiger partial charge >= 0.3 is 0 Å². The first-order valence-corrected chi connectivity index (χ1v) is 6.70. The lowest BCUT2D eigenvalue weighted by Crippen LogP contribution is -2.01. The lowest BCUT2D eigenvalue weighted by atomic mass is 10.2. The summed E-state index contributed by atoms with van der Waals surface area (Å²) in [4.78, 5) is 4.41. The van der Waals surface area contributed by atoms with Crippen LogP contribution in [-0.2, 0) is 0 Å². The molecule has 1 aromatic heterocycles. The van der Waals surface area contributed by atoms with Crippen LogP contribution in [0, 0.1) is 11.3 Å². The SMILES string of the molecule is CCNc1cccc(Nc2ccc(Br)cc2C#N)n1. The fraction of sp³-hybridized carbons (Fsp3) is 0.143. The second-order valence-corrected chi connectivity index (χ2v) is 4.78. The predicted molar refractivity (Wildman–Crippen MR) is 80.5 cm³/mol. The Morgan fingerprint density at radius 1 is 1.26 bits per heavy atom. The van der Waals surface area contributed by atoms with Crippen LogP contribution in [0.25, 0.3) is 0 Å². The molecular weight excluding hydrogens is 304 g/mol. The molecule has 5 heteroatoms. The molecule has 0 aliphatic rings. The van der Waals surface area contributed by atoms with Gasteiger partial charge in [-0.15, -0.1) is 0 Å². The minimum absolute atomic E-state index is 0.574. The third kappa shape index (κ3) is 3.46. The maximum Gasteiger partial charge on any atom is 0.132 e. The number of anilines is 3. The Morgan fingerprint density at radius 3 is 2.79 bits per heavy atom. The summed E-state index contributed by atoms with van der Waals surface area (Å²) in [7, 11) is 0. The van der Waals surface area contributed by atoms with E-state index in [-0.39, 0.29) is 0 Å². The van der Waals surface area contributed by atoms with Crippen LogP contribution < -0.4 is 10.6 Å². The van der Waals surface area contributed by atoms with Crippen molar-refractivity contribution >= 4 is 33.3 Å². The minimum Gasteiger partial charge on any atom is -0.370 e. The molecule has 0 atom stereocenters. The molecule has 96 valence electrons. The van der Waals surface area contributed by atoms with Crippen molar-refractivity contribution in [2.24, 2.45) is 0 Å². The van der Waals surface area contributed by atoms with Crippen LogP contribution in [-0.4, -0.2) is 11.5 Å². The Labute approximate surface area is 120 Å². The summed E-state index contributed by atoms with van der Waals surface area (Å²) in [6.45, 7) is 2.84. The number of hydrogen-bond acceptors (Lipinski definition) is 4. The molecule has 0 saturated carbocycles. The molecule has 1 heterocycles. The molecule has 0 amide bonds. The van der Waals surface area contributed by atoms with Gasteiger partial charge in [-0.1, -0.05) is 22.0 Å². The monoisotopic (exact) mass is 316 g/mol. The number of nitrogens with zero attached hydrogens (tertiary/aromatic N) is 2. The summed E-state index contributed by atoms with van der Waals surface area (Å²) in [6, 6.07) is 13.4. The highest BCUT2D eigenvalue weighted by Gasteiger charge is 2.04. The third-order valence-electron chi connectivity index (χ3n) is 2.47. The summed E-state index contributed by atoms with van der Waals surface area (Å²) in [5, 5.41) is 15.4. The predicted octanol–water partition coefficient (Wildman–Crippen LogP) is 3.89. The first-order chi connectivity index (χ1) is 9.22. The van der Waals surface area contributed by atoms with Crippen LogP contribution in [0.3, 0.4) is 0 Å². The van der Waals surface area contributed by atoms with E-state index in [1.54, 1.807) is 6.07 Å². The number of nitriles is 1. The molecule has 2 rings (SSSR count). The molecule has 1 aromatic carbocycles. The van der Waals surface area contributed by atoms with E-state index in [2.05, 4.69) is 37.6 Å². The number of aromatic nitrogens is 1. The molecule has 19 heavy (non-hydrogen) atoms.